The first-order valence-corrected chi connectivity index (χ1v) is 2.15. The van der Waals surface area contributed by atoms with Crippen LogP contribution in [0.4, 0.5) is 0 Å². The van der Waals surface area contributed by atoms with Crippen molar-refractivity contribution in [2.24, 2.45) is 0 Å². The second-order valence-electron chi connectivity index (χ2n) is 1.21. The van der Waals surface area contributed by atoms with Gasteiger partial charge in [0.1, 0.15) is 6.61 Å². The van der Waals surface area contributed by atoms with Gasteiger partial charge in [0.2, 0.25) is 0 Å². The number of carboxylic acid groups (broad SMARTS) is 1. The molecule has 0 aliphatic carbocycles. The number of aliphatic hydroxyl groups is 1. The van der Waals surface area contributed by atoms with Crippen molar-refractivity contribution >= 4 is 41.5 Å². The second kappa shape index (κ2) is 7.01. The summed E-state index contributed by atoms with van der Waals surface area (Å²) >= 11 is 0. The van der Waals surface area contributed by atoms with Crippen molar-refractivity contribution in [3.63, 3.8) is 0 Å². The Morgan fingerprint density at radius 3 is 2.20 bits per heavy atom. The first-order valence-electron chi connectivity index (χ1n) is 2.15. The molecule has 5 nitrogen and oxygen atoms in total. The normalized spacial score (nSPS) is 7.70. The minimum absolute atomic E-state index is 0. The molecule has 0 aromatic rings. The number of hydrogen-bond donors (Lipinski definition) is 2. The Balaban J connectivity index is 0. The maximum atomic E-state index is 9.98. The van der Waals surface area contributed by atoms with E-state index in [1.165, 1.54) is 0 Å². The maximum absolute atomic E-state index is 9.98. The van der Waals surface area contributed by atoms with Gasteiger partial charge in [0.15, 0.2) is 6.61 Å². The summed E-state index contributed by atoms with van der Waals surface area (Å²) in [5, 5.41) is 15.9. The molecule has 0 amide bonds. The molecule has 0 aromatic heterocycles. The van der Waals surface area contributed by atoms with E-state index in [1.807, 2.05) is 0 Å². The molecule has 0 aromatic carbocycles. The van der Waals surface area contributed by atoms with Crippen LogP contribution in [0.25, 0.3) is 0 Å². The first-order chi connectivity index (χ1) is 4.16. The van der Waals surface area contributed by atoms with Gasteiger partial charge in [0.25, 0.3) is 0 Å². The quantitative estimate of drug-likeness (QED) is 0.365. The van der Waals surface area contributed by atoms with Crippen molar-refractivity contribution in [2.75, 3.05) is 13.2 Å². The fraction of sp³-hybridized carbons (Fsp3) is 0.500. The molecule has 0 heterocycles. The zero-order valence-corrected chi connectivity index (χ0v) is 4.53. The molecule has 0 fully saturated rings. The summed E-state index contributed by atoms with van der Waals surface area (Å²) < 4.78 is 3.96. The average Bonchev–Trinajstić information content (AvgIpc) is 1.83. The minimum atomic E-state index is -1.24. The molecule has 2 N–H and O–H groups in total. The predicted octanol–water partition coefficient (Wildman–Crippen LogP) is -2.04. The van der Waals surface area contributed by atoms with E-state index in [2.05, 4.69) is 4.74 Å². The van der Waals surface area contributed by atoms with Crippen LogP contribution in [0.1, 0.15) is 0 Å². The summed E-state index contributed by atoms with van der Waals surface area (Å²) in [5.41, 5.74) is 0. The summed E-state index contributed by atoms with van der Waals surface area (Å²) in [6.07, 6.45) is 0. The van der Waals surface area contributed by atoms with E-state index in [9.17, 15) is 9.59 Å². The molecule has 0 spiro atoms. The molecule has 0 radical (unpaired) electrons. The van der Waals surface area contributed by atoms with Gasteiger partial charge in [-0.1, -0.05) is 0 Å². The number of hydrogen-bond acceptors (Lipinski definition) is 4. The van der Waals surface area contributed by atoms with Crippen LogP contribution in [0, 0.1) is 0 Å². The van der Waals surface area contributed by atoms with Gasteiger partial charge in [0.05, 0.1) is 0 Å². The molecule has 0 saturated heterocycles. The zero-order valence-electron chi connectivity index (χ0n) is 4.53. The molecule has 54 valence electrons. The summed E-state index contributed by atoms with van der Waals surface area (Å²) in [5.74, 6) is -2.17. The Bertz CT molecular complexity index is 123. The molecule has 6 heteroatoms. The molecule has 10 heavy (non-hydrogen) atoms. The Morgan fingerprint density at radius 2 is 1.90 bits per heavy atom. The standard InChI is InChI=1S/C4H6O5.Na.H/c5-1-4(8)9-2-3(6)7;;/h5H,1-2H2,(H,6,7);;. The van der Waals surface area contributed by atoms with Crippen LogP contribution in [0.5, 0.6) is 0 Å². The topological polar surface area (TPSA) is 83.8 Å². The number of ether oxygens (including phenoxy) is 1. The van der Waals surface area contributed by atoms with Crippen LogP contribution in [0.15, 0.2) is 0 Å². The Morgan fingerprint density at radius 1 is 1.40 bits per heavy atom. The summed E-state index contributed by atoms with van der Waals surface area (Å²) in [6.45, 7) is -1.48. The van der Waals surface area contributed by atoms with Crippen LogP contribution in [-0.2, 0) is 14.3 Å². The van der Waals surface area contributed by atoms with E-state index in [-0.39, 0.29) is 29.6 Å². The number of aliphatic carboxylic acids is 1. The van der Waals surface area contributed by atoms with Gasteiger partial charge in [-0.25, -0.2) is 9.59 Å². The fourth-order valence-corrected chi connectivity index (χ4v) is 0.188. The molecular formula is C4H7NaO5. The monoisotopic (exact) mass is 158 g/mol. The Kier molecular flexibility index (Phi) is 8.81. The number of carbonyl (C=O) groups excluding carboxylic acids is 1. The van der Waals surface area contributed by atoms with Crippen molar-refractivity contribution in [2.45, 2.75) is 0 Å². The summed E-state index contributed by atoms with van der Waals surface area (Å²) in [4.78, 5) is 19.6. The van der Waals surface area contributed by atoms with Crippen LogP contribution in [-0.4, -0.2) is 64.9 Å². The first kappa shape index (κ1) is 12.6. The third kappa shape index (κ3) is 7.90. The Hall–Kier alpha value is -0.100. The number of esters is 1. The molecule has 0 saturated carbocycles. The van der Waals surface area contributed by atoms with E-state index in [0.717, 1.165) is 0 Å². The third-order valence-electron chi connectivity index (χ3n) is 0.486. The van der Waals surface area contributed by atoms with Gasteiger partial charge in [-0.3, -0.25) is 0 Å². The molecule has 0 rings (SSSR count). The summed E-state index contributed by atoms with van der Waals surface area (Å²) in [7, 11) is 0. The molecule has 0 atom stereocenters. The average molecular weight is 158 g/mol. The van der Waals surface area contributed by atoms with Gasteiger partial charge < -0.3 is 14.9 Å². The van der Waals surface area contributed by atoms with Crippen molar-refractivity contribution in [1.29, 1.82) is 0 Å². The number of aliphatic hydroxyl groups excluding tert-OH is 1. The van der Waals surface area contributed by atoms with E-state index in [4.69, 9.17) is 10.2 Å². The number of carbonyl (C=O) groups is 2. The molecule has 0 unspecified atom stereocenters. The molecule has 0 aliphatic rings. The van der Waals surface area contributed by atoms with E-state index in [0.29, 0.717) is 0 Å². The van der Waals surface area contributed by atoms with Crippen LogP contribution >= 0.6 is 0 Å². The van der Waals surface area contributed by atoms with Crippen molar-refractivity contribution < 1.29 is 24.5 Å². The fourth-order valence-electron chi connectivity index (χ4n) is 0.188. The Labute approximate surface area is 79.3 Å². The van der Waals surface area contributed by atoms with E-state index in [1.54, 1.807) is 0 Å². The summed E-state index contributed by atoms with van der Waals surface area (Å²) in [6, 6.07) is 0. The SMILES string of the molecule is O=C(O)COC(=O)CO.[NaH]. The van der Waals surface area contributed by atoms with Crippen molar-refractivity contribution in [1.82, 2.24) is 0 Å². The van der Waals surface area contributed by atoms with Crippen LogP contribution in [0.3, 0.4) is 0 Å². The van der Waals surface area contributed by atoms with Gasteiger partial charge in [0, 0.05) is 0 Å². The van der Waals surface area contributed by atoms with Gasteiger partial charge in [-0.05, 0) is 0 Å². The number of rotatable bonds is 3. The van der Waals surface area contributed by atoms with Crippen molar-refractivity contribution in [3.05, 3.63) is 0 Å². The predicted molar refractivity (Wildman–Crippen MR) is 32.8 cm³/mol. The van der Waals surface area contributed by atoms with Gasteiger partial charge in [-0.15, -0.1) is 0 Å². The zero-order chi connectivity index (χ0) is 7.28. The van der Waals surface area contributed by atoms with E-state index < -0.39 is 25.2 Å². The van der Waals surface area contributed by atoms with Crippen molar-refractivity contribution in [3.8, 4) is 0 Å². The second-order valence-corrected chi connectivity index (χ2v) is 1.21. The van der Waals surface area contributed by atoms with E-state index >= 15 is 0 Å². The molecule has 0 aliphatic heterocycles. The van der Waals surface area contributed by atoms with Crippen LogP contribution in [0.2, 0.25) is 0 Å². The molecular weight excluding hydrogens is 151 g/mol. The third-order valence-corrected chi connectivity index (χ3v) is 0.486. The van der Waals surface area contributed by atoms with Crippen LogP contribution < -0.4 is 0 Å². The van der Waals surface area contributed by atoms with Gasteiger partial charge >= 0.3 is 41.5 Å². The number of carboxylic acids is 1. The molecule has 0 bridgehead atoms. The van der Waals surface area contributed by atoms with Gasteiger partial charge in [-0.2, -0.15) is 0 Å².